The van der Waals surface area contributed by atoms with Crippen molar-refractivity contribution in [2.75, 3.05) is 6.61 Å². The second kappa shape index (κ2) is 8.91. The first-order valence-electron chi connectivity index (χ1n) is 9.52. The Labute approximate surface area is 152 Å². The van der Waals surface area contributed by atoms with Crippen molar-refractivity contribution in [2.45, 2.75) is 71.5 Å². The lowest BCUT2D eigenvalue weighted by Crippen LogP contribution is -2.28. The standard InChI is InChI=1S/C22H32O3/c1-4-5-6-12-22(2,3)21(25)10-9-19-18-8-7-16(11-13-23)14-17(18)15-20(19)24/h14,17-21,23-25H,4,7-8,11-13,15H2,1-3H3. The number of hydrogen-bond acceptors (Lipinski definition) is 3. The van der Waals surface area contributed by atoms with Crippen LogP contribution < -0.4 is 0 Å². The highest BCUT2D eigenvalue weighted by Crippen LogP contribution is 2.45. The van der Waals surface area contributed by atoms with Gasteiger partial charge in [-0.15, -0.1) is 11.8 Å². The minimum atomic E-state index is -0.742. The second-order valence-electron chi connectivity index (χ2n) is 8.06. The number of allylic oxidation sites excluding steroid dienone is 1. The van der Waals surface area contributed by atoms with Crippen molar-refractivity contribution in [2.24, 2.45) is 23.2 Å². The van der Waals surface area contributed by atoms with Gasteiger partial charge in [-0.2, -0.15) is 0 Å². The largest absolute Gasteiger partial charge is 0.396 e. The first kappa shape index (κ1) is 20.1. The van der Waals surface area contributed by atoms with Crippen molar-refractivity contribution < 1.29 is 15.3 Å². The van der Waals surface area contributed by atoms with E-state index in [1.54, 1.807) is 0 Å². The van der Waals surface area contributed by atoms with Gasteiger partial charge in [0.25, 0.3) is 0 Å². The van der Waals surface area contributed by atoms with E-state index in [-0.39, 0.29) is 17.9 Å². The molecule has 2 aliphatic rings. The summed E-state index contributed by atoms with van der Waals surface area (Å²) in [7, 11) is 0. The Kier molecular flexibility index (Phi) is 7.14. The molecule has 5 unspecified atom stereocenters. The van der Waals surface area contributed by atoms with Crippen LogP contribution >= 0.6 is 0 Å². The molecule has 0 bridgehead atoms. The molecular formula is C22H32O3. The predicted octanol–water partition coefficient (Wildman–Crippen LogP) is 2.90. The maximum absolute atomic E-state index is 10.5. The maximum atomic E-state index is 10.5. The van der Waals surface area contributed by atoms with Crippen molar-refractivity contribution in [3.8, 4) is 23.7 Å². The zero-order chi connectivity index (χ0) is 18.4. The topological polar surface area (TPSA) is 60.7 Å². The Bertz CT molecular complexity index is 596. The molecular weight excluding hydrogens is 312 g/mol. The predicted molar refractivity (Wildman–Crippen MR) is 100 cm³/mol. The number of rotatable bonds is 4. The van der Waals surface area contributed by atoms with Gasteiger partial charge in [0.1, 0.15) is 6.10 Å². The Morgan fingerprint density at radius 1 is 1.32 bits per heavy atom. The van der Waals surface area contributed by atoms with Gasteiger partial charge >= 0.3 is 0 Å². The van der Waals surface area contributed by atoms with Crippen LogP contribution in [-0.4, -0.2) is 34.1 Å². The maximum Gasteiger partial charge on any atom is 0.120 e. The van der Waals surface area contributed by atoms with E-state index in [4.69, 9.17) is 5.11 Å². The van der Waals surface area contributed by atoms with E-state index in [0.29, 0.717) is 18.3 Å². The summed E-state index contributed by atoms with van der Waals surface area (Å²) >= 11 is 0. The van der Waals surface area contributed by atoms with E-state index < -0.39 is 12.2 Å². The van der Waals surface area contributed by atoms with Crippen molar-refractivity contribution in [3.63, 3.8) is 0 Å². The minimum absolute atomic E-state index is 0.0656. The van der Waals surface area contributed by atoms with Crippen molar-refractivity contribution in [3.05, 3.63) is 11.6 Å². The van der Waals surface area contributed by atoms with Gasteiger partial charge in [0.15, 0.2) is 0 Å². The van der Waals surface area contributed by atoms with Gasteiger partial charge in [-0.1, -0.05) is 44.3 Å². The summed E-state index contributed by atoms with van der Waals surface area (Å²) in [6, 6.07) is 0. The molecule has 3 heteroatoms. The number of hydrogen-bond donors (Lipinski definition) is 3. The fourth-order valence-electron chi connectivity index (χ4n) is 3.91. The van der Waals surface area contributed by atoms with Crippen molar-refractivity contribution in [1.82, 2.24) is 0 Å². The van der Waals surface area contributed by atoms with Gasteiger partial charge < -0.3 is 15.3 Å². The third kappa shape index (κ3) is 5.11. The zero-order valence-electron chi connectivity index (χ0n) is 15.8. The molecule has 3 N–H and O–H groups in total. The molecule has 0 amide bonds. The first-order valence-corrected chi connectivity index (χ1v) is 9.52. The summed E-state index contributed by atoms with van der Waals surface area (Å²) in [4.78, 5) is 0. The van der Waals surface area contributed by atoms with Crippen LogP contribution in [0, 0.1) is 46.9 Å². The lowest BCUT2D eigenvalue weighted by Gasteiger charge is -2.27. The molecule has 0 aliphatic heterocycles. The quantitative estimate of drug-likeness (QED) is 0.543. The van der Waals surface area contributed by atoms with E-state index in [9.17, 15) is 10.2 Å². The summed E-state index contributed by atoms with van der Waals surface area (Å²) in [6.07, 6.45) is 5.97. The molecule has 5 atom stereocenters. The molecule has 25 heavy (non-hydrogen) atoms. The van der Waals surface area contributed by atoms with Gasteiger partial charge in [-0.3, -0.25) is 0 Å². The van der Waals surface area contributed by atoms with Crippen LogP contribution in [0.25, 0.3) is 0 Å². The second-order valence-corrected chi connectivity index (χ2v) is 8.06. The van der Waals surface area contributed by atoms with Crippen LogP contribution in [0.5, 0.6) is 0 Å². The molecule has 1 fully saturated rings. The number of fused-ring (bicyclic) bond motifs is 1. The van der Waals surface area contributed by atoms with Crippen molar-refractivity contribution in [1.29, 1.82) is 0 Å². The van der Waals surface area contributed by atoms with E-state index >= 15 is 0 Å². The van der Waals surface area contributed by atoms with Gasteiger partial charge in [0.2, 0.25) is 0 Å². The fraction of sp³-hybridized carbons (Fsp3) is 0.727. The molecule has 0 aromatic heterocycles. The lowest BCUT2D eigenvalue weighted by atomic mass is 9.78. The zero-order valence-corrected chi connectivity index (χ0v) is 15.8. The molecule has 2 rings (SSSR count). The summed E-state index contributed by atoms with van der Waals surface area (Å²) in [6.45, 7) is 6.17. The summed E-state index contributed by atoms with van der Waals surface area (Å²) < 4.78 is 0. The smallest absolute Gasteiger partial charge is 0.120 e. The molecule has 2 aliphatic carbocycles. The third-order valence-electron chi connectivity index (χ3n) is 5.59. The van der Waals surface area contributed by atoms with Gasteiger partial charge in [0, 0.05) is 30.8 Å². The average Bonchev–Trinajstić information content (AvgIpc) is 2.87. The summed E-state index contributed by atoms with van der Waals surface area (Å²) in [5, 5.41) is 30.0. The molecule has 138 valence electrons. The minimum Gasteiger partial charge on any atom is -0.396 e. The Hall–Kier alpha value is -1.26. The normalized spacial score (nSPS) is 29.6. The lowest BCUT2D eigenvalue weighted by molar-refractivity contribution is 0.102. The molecule has 0 radical (unpaired) electrons. The number of aliphatic hydroxyl groups excluding tert-OH is 3. The molecule has 0 aromatic rings. The van der Waals surface area contributed by atoms with E-state index in [1.165, 1.54) is 5.57 Å². The van der Waals surface area contributed by atoms with E-state index in [0.717, 1.165) is 32.1 Å². The fourth-order valence-corrected chi connectivity index (χ4v) is 3.91. The van der Waals surface area contributed by atoms with Gasteiger partial charge in [0.05, 0.1) is 6.10 Å². The summed E-state index contributed by atoms with van der Waals surface area (Å²) in [5.41, 5.74) is 0.930. The monoisotopic (exact) mass is 344 g/mol. The van der Waals surface area contributed by atoms with Crippen LogP contribution in [-0.2, 0) is 0 Å². The number of aliphatic hydroxyl groups is 3. The van der Waals surface area contributed by atoms with Crippen LogP contribution in [0.2, 0.25) is 0 Å². The van der Waals surface area contributed by atoms with E-state index in [1.807, 2.05) is 20.8 Å². The summed E-state index contributed by atoms with van der Waals surface area (Å²) in [5.74, 6) is 13.0. The first-order chi connectivity index (χ1) is 11.9. The van der Waals surface area contributed by atoms with E-state index in [2.05, 4.69) is 29.8 Å². The Balaban J connectivity index is 2.05. The average molecular weight is 344 g/mol. The Morgan fingerprint density at radius 3 is 2.76 bits per heavy atom. The van der Waals surface area contributed by atoms with Gasteiger partial charge in [-0.05, 0) is 37.5 Å². The molecule has 1 saturated carbocycles. The molecule has 0 heterocycles. The SMILES string of the molecule is CCC#CCC(C)(C)C(O)C#CC1C(O)CC2C=C(CCO)CCC21. The third-order valence-corrected chi connectivity index (χ3v) is 5.59. The van der Waals surface area contributed by atoms with Crippen molar-refractivity contribution >= 4 is 0 Å². The molecule has 3 nitrogen and oxygen atoms in total. The molecule has 0 aromatic carbocycles. The van der Waals surface area contributed by atoms with Gasteiger partial charge in [-0.25, -0.2) is 0 Å². The van der Waals surface area contributed by atoms with Crippen LogP contribution in [0.15, 0.2) is 11.6 Å². The Morgan fingerprint density at radius 2 is 2.08 bits per heavy atom. The van der Waals surface area contributed by atoms with Crippen LogP contribution in [0.3, 0.4) is 0 Å². The van der Waals surface area contributed by atoms with Crippen LogP contribution in [0.1, 0.15) is 59.3 Å². The highest BCUT2D eigenvalue weighted by Gasteiger charge is 2.42. The highest BCUT2D eigenvalue weighted by atomic mass is 16.3. The highest BCUT2D eigenvalue weighted by molar-refractivity contribution is 5.22. The van der Waals surface area contributed by atoms with Crippen LogP contribution in [0.4, 0.5) is 0 Å². The molecule has 0 saturated heterocycles. The molecule has 0 spiro atoms.